The predicted molar refractivity (Wildman–Crippen MR) is 128 cm³/mol. The first kappa shape index (κ1) is 25.2. The van der Waals surface area contributed by atoms with Gasteiger partial charge in [0.15, 0.2) is 0 Å². The van der Waals surface area contributed by atoms with Crippen molar-refractivity contribution in [3.63, 3.8) is 0 Å². The van der Waals surface area contributed by atoms with Crippen molar-refractivity contribution in [1.29, 1.82) is 0 Å². The molecule has 0 aliphatic heterocycles. The van der Waals surface area contributed by atoms with Gasteiger partial charge in [0.2, 0.25) is 11.8 Å². The van der Waals surface area contributed by atoms with Gasteiger partial charge in [0.25, 0.3) is 0 Å². The molecule has 3 aromatic rings. The van der Waals surface area contributed by atoms with Gasteiger partial charge >= 0.3 is 5.97 Å². The van der Waals surface area contributed by atoms with E-state index < -0.39 is 17.9 Å². The number of nitrogens with zero attached hydrogens (tertiary/aromatic N) is 1. The Labute approximate surface area is 205 Å². The maximum atomic E-state index is 12.9. The van der Waals surface area contributed by atoms with Crippen LogP contribution >= 0.6 is 23.2 Å². The van der Waals surface area contributed by atoms with Crippen LogP contribution in [0.2, 0.25) is 10.0 Å². The molecule has 1 aromatic carbocycles. The third-order valence-electron chi connectivity index (χ3n) is 4.81. The van der Waals surface area contributed by atoms with Gasteiger partial charge in [-0.3, -0.25) is 19.9 Å². The van der Waals surface area contributed by atoms with Gasteiger partial charge in [0, 0.05) is 36.4 Å². The summed E-state index contributed by atoms with van der Waals surface area (Å²) in [5.74, 6) is -0.849. The number of anilines is 1. The lowest BCUT2D eigenvalue weighted by Crippen LogP contribution is -2.42. The number of rotatable bonds is 10. The minimum atomic E-state index is -1.21. The highest BCUT2D eigenvalue weighted by Gasteiger charge is 2.21. The maximum Gasteiger partial charge on any atom is 0.339 e. The molecule has 3 rings (SSSR count). The van der Waals surface area contributed by atoms with Crippen LogP contribution in [0.25, 0.3) is 11.3 Å². The largest absolute Gasteiger partial charge is 0.478 e. The zero-order valence-electron chi connectivity index (χ0n) is 18.1. The quantitative estimate of drug-likeness (QED) is 0.328. The third kappa shape index (κ3) is 6.80. The lowest BCUT2D eigenvalue weighted by atomic mass is 10.1. The van der Waals surface area contributed by atoms with Crippen LogP contribution in [0.5, 0.6) is 0 Å². The number of halogens is 2. The zero-order chi connectivity index (χ0) is 24.7. The highest BCUT2D eigenvalue weighted by Crippen LogP contribution is 2.31. The molecule has 0 bridgehead atoms. The second kappa shape index (κ2) is 11.6. The average molecular weight is 505 g/mol. The fourth-order valence-electron chi connectivity index (χ4n) is 3.14. The smallest absolute Gasteiger partial charge is 0.339 e. The van der Waals surface area contributed by atoms with Gasteiger partial charge in [-0.25, -0.2) is 4.79 Å². The Kier molecular flexibility index (Phi) is 8.64. The van der Waals surface area contributed by atoms with Gasteiger partial charge in [0.1, 0.15) is 17.1 Å². The minimum Gasteiger partial charge on any atom is -0.478 e. The molecular weight excluding hydrogens is 483 g/mol. The summed E-state index contributed by atoms with van der Waals surface area (Å²) in [6.07, 6.45) is 2.79. The van der Waals surface area contributed by atoms with Gasteiger partial charge in [0.05, 0.1) is 23.3 Å². The molecule has 11 heteroatoms. The van der Waals surface area contributed by atoms with Gasteiger partial charge in [-0.2, -0.15) is 0 Å². The van der Waals surface area contributed by atoms with E-state index in [9.17, 15) is 19.5 Å². The number of hydrogen-bond donors (Lipinski definition) is 4. The number of hydrogen-bond acceptors (Lipinski definition) is 6. The Balaban J connectivity index is 1.72. The summed E-state index contributed by atoms with van der Waals surface area (Å²) >= 11 is 12.3. The lowest BCUT2D eigenvalue weighted by Gasteiger charge is -2.19. The molecule has 4 N–H and O–H groups in total. The van der Waals surface area contributed by atoms with Gasteiger partial charge in [-0.05, 0) is 42.8 Å². The minimum absolute atomic E-state index is 0.120. The standard InChI is InChI=1S/C23H22Cl2N4O5/c1-13(30)27-9-7-20(22(31)29-19-6-8-26-12-17(19)23(32)33)28-11-15-3-5-21(34-15)16-10-14(24)2-4-18(16)25/h2-6,8,10,12,20,28H,7,9,11H2,1H3,(H,27,30)(H,32,33)(H,26,29,31). The number of furan rings is 1. The van der Waals surface area contributed by atoms with Crippen molar-refractivity contribution in [3.05, 3.63) is 70.2 Å². The topological polar surface area (TPSA) is 134 Å². The normalized spacial score (nSPS) is 11.6. The van der Waals surface area contributed by atoms with E-state index in [4.69, 9.17) is 27.6 Å². The first-order chi connectivity index (χ1) is 16.2. The van der Waals surface area contributed by atoms with Crippen LogP contribution in [0.15, 0.2) is 53.2 Å². The monoisotopic (exact) mass is 504 g/mol. The number of aromatic carboxylic acids is 1. The Morgan fingerprint density at radius 2 is 1.94 bits per heavy atom. The SMILES string of the molecule is CC(=O)NCCC(NCc1ccc(-c2cc(Cl)ccc2Cl)o1)C(=O)Nc1ccncc1C(=O)O. The molecule has 2 aromatic heterocycles. The fraction of sp³-hybridized carbons (Fsp3) is 0.217. The van der Waals surface area contributed by atoms with E-state index in [-0.39, 0.29) is 36.7 Å². The summed E-state index contributed by atoms with van der Waals surface area (Å²) in [6, 6.07) is 9.18. The first-order valence-electron chi connectivity index (χ1n) is 10.2. The number of nitrogens with one attached hydrogen (secondary N) is 3. The van der Waals surface area contributed by atoms with Crippen molar-refractivity contribution in [2.24, 2.45) is 0 Å². The third-order valence-corrected chi connectivity index (χ3v) is 5.38. The number of carboxylic acid groups (broad SMARTS) is 1. The highest BCUT2D eigenvalue weighted by atomic mass is 35.5. The Hall–Kier alpha value is -3.40. The molecule has 2 amide bonds. The molecule has 0 fully saturated rings. The zero-order valence-corrected chi connectivity index (χ0v) is 19.6. The molecule has 9 nitrogen and oxygen atoms in total. The van der Waals surface area contributed by atoms with Gasteiger partial charge < -0.3 is 20.2 Å². The summed E-state index contributed by atoms with van der Waals surface area (Å²) in [6.45, 7) is 1.81. The van der Waals surface area contributed by atoms with Crippen LogP contribution in [-0.2, 0) is 16.1 Å². The summed E-state index contributed by atoms with van der Waals surface area (Å²) < 4.78 is 5.85. The average Bonchev–Trinajstić information content (AvgIpc) is 3.26. The van der Waals surface area contributed by atoms with Crippen molar-refractivity contribution in [2.75, 3.05) is 11.9 Å². The second-order valence-corrected chi connectivity index (χ2v) is 8.15. The molecule has 0 saturated heterocycles. The molecule has 34 heavy (non-hydrogen) atoms. The number of amides is 2. The van der Waals surface area contributed by atoms with E-state index in [2.05, 4.69) is 20.9 Å². The van der Waals surface area contributed by atoms with E-state index in [0.717, 1.165) is 6.20 Å². The number of pyridine rings is 1. The van der Waals surface area contributed by atoms with E-state index in [1.54, 1.807) is 30.3 Å². The van der Waals surface area contributed by atoms with E-state index in [1.807, 2.05) is 0 Å². The molecular formula is C23H22Cl2N4O5. The number of carboxylic acids is 1. The Morgan fingerprint density at radius 1 is 1.15 bits per heavy atom. The fourth-order valence-corrected chi connectivity index (χ4v) is 3.52. The van der Waals surface area contributed by atoms with Crippen molar-refractivity contribution < 1.29 is 23.9 Å². The molecule has 0 aliphatic carbocycles. The van der Waals surface area contributed by atoms with Crippen LogP contribution < -0.4 is 16.0 Å². The van der Waals surface area contributed by atoms with Crippen LogP contribution in [0.1, 0.15) is 29.5 Å². The first-order valence-corrected chi connectivity index (χ1v) is 11.0. The lowest BCUT2D eigenvalue weighted by molar-refractivity contribution is -0.120. The summed E-state index contributed by atoms with van der Waals surface area (Å²) in [7, 11) is 0. The number of aromatic nitrogens is 1. The van der Waals surface area contributed by atoms with Gasteiger partial charge in [-0.15, -0.1) is 0 Å². The maximum absolute atomic E-state index is 12.9. The summed E-state index contributed by atoms with van der Waals surface area (Å²) in [5.41, 5.74) is 0.625. The van der Waals surface area contributed by atoms with E-state index in [1.165, 1.54) is 19.2 Å². The second-order valence-electron chi connectivity index (χ2n) is 7.31. The van der Waals surface area contributed by atoms with Crippen molar-refractivity contribution >= 4 is 46.7 Å². The van der Waals surface area contributed by atoms with Crippen LogP contribution in [0, 0.1) is 0 Å². The van der Waals surface area contributed by atoms with E-state index >= 15 is 0 Å². The van der Waals surface area contributed by atoms with Crippen LogP contribution in [0.3, 0.4) is 0 Å². The Morgan fingerprint density at radius 3 is 2.68 bits per heavy atom. The molecule has 178 valence electrons. The van der Waals surface area contributed by atoms with Crippen molar-refractivity contribution in [2.45, 2.75) is 25.9 Å². The number of carbonyl (C=O) groups is 3. The molecule has 2 heterocycles. The van der Waals surface area contributed by atoms with Crippen LogP contribution in [-0.4, -0.2) is 40.5 Å². The molecule has 1 atom stereocenters. The van der Waals surface area contributed by atoms with E-state index in [0.29, 0.717) is 27.1 Å². The summed E-state index contributed by atoms with van der Waals surface area (Å²) in [5, 5.41) is 18.7. The number of carbonyl (C=O) groups excluding carboxylic acids is 2. The molecule has 1 unspecified atom stereocenters. The highest BCUT2D eigenvalue weighted by molar-refractivity contribution is 6.35. The molecule has 0 saturated carbocycles. The number of benzene rings is 1. The Bertz CT molecular complexity index is 1200. The van der Waals surface area contributed by atoms with Crippen molar-refractivity contribution in [3.8, 4) is 11.3 Å². The van der Waals surface area contributed by atoms with Crippen molar-refractivity contribution in [1.82, 2.24) is 15.6 Å². The summed E-state index contributed by atoms with van der Waals surface area (Å²) in [4.78, 5) is 39.4. The van der Waals surface area contributed by atoms with Crippen LogP contribution in [0.4, 0.5) is 5.69 Å². The predicted octanol–water partition coefficient (Wildman–Crippen LogP) is 3.97. The molecule has 0 radical (unpaired) electrons. The molecule has 0 aliphatic rings. The molecule has 0 spiro atoms. The van der Waals surface area contributed by atoms with Gasteiger partial charge in [-0.1, -0.05) is 23.2 Å².